The smallest absolute Gasteiger partial charge is 0.155 e. The number of aromatic nitrogens is 5. The normalized spacial score (nSPS) is 21.7. The zero-order chi connectivity index (χ0) is 18.1. The van der Waals surface area contributed by atoms with E-state index in [0.717, 1.165) is 25.3 Å². The highest BCUT2D eigenvalue weighted by Gasteiger charge is 2.32. The second-order valence-electron chi connectivity index (χ2n) is 7.53. The number of piperidine rings is 1. The van der Waals surface area contributed by atoms with Gasteiger partial charge in [0.2, 0.25) is 0 Å². The molecule has 0 spiro atoms. The second-order valence-corrected chi connectivity index (χ2v) is 7.53. The average molecular weight is 353 g/mol. The van der Waals surface area contributed by atoms with Crippen LogP contribution in [0.5, 0.6) is 0 Å². The first-order valence-corrected chi connectivity index (χ1v) is 9.25. The number of nitrogens with zero attached hydrogens (tertiary/aromatic N) is 7. The molecule has 1 aliphatic heterocycles. The summed E-state index contributed by atoms with van der Waals surface area (Å²) in [6.45, 7) is 3.09. The molecule has 1 saturated heterocycles. The molecule has 2 atom stereocenters. The minimum Gasteiger partial charge on any atom is -0.300 e. The fraction of sp³-hybridized carbons (Fsp3) is 0.526. The van der Waals surface area contributed by atoms with Crippen molar-refractivity contribution in [2.45, 2.75) is 25.4 Å². The number of hydrogen-bond donors (Lipinski definition) is 0. The summed E-state index contributed by atoms with van der Waals surface area (Å²) in [7, 11) is 6.43. The van der Waals surface area contributed by atoms with Crippen molar-refractivity contribution in [3.63, 3.8) is 0 Å². The molecule has 0 aliphatic carbocycles. The summed E-state index contributed by atoms with van der Waals surface area (Å²) in [6, 6.07) is 0.436. The molecule has 0 saturated carbocycles. The van der Waals surface area contributed by atoms with Crippen molar-refractivity contribution in [3.8, 4) is 0 Å². The van der Waals surface area contributed by atoms with Gasteiger partial charge in [-0.05, 0) is 39.4 Å². The zero-order valence-corrected chi connectivity index (χ0v) is 15.8. The van der Waals surface area contributed by atoms with Crippen LogP contribution in [-0.4, -0.2) is 61.1 Å². The van der Waals surface area contributed by atoms with Crippen LogP contribution in [-0.2, 0) is 13.6 Å². The number of rotatable bonds is 5. The monoisotopic (exact) mass is 353 g/mol. The van der Waals surface area contributed by atoms with Gasteiger partial charge in [-0.15, -0.1) is 0 Å². The van der Waals surface area contributed by atoms with Crippen LogP contribution in [0.25, 0.3) is 5.65 Å². The van der Waals surface area contributed by atoms with Crippen molar-refractivity contribution in [2.75, 3.05) is 27.2 Å². The predicted octanol–water partition coefficient (Wildman–Crippen LogP) is 1.98. The molecule has 26 heavy (non-hydrogen) atoms. The van der Waals surface area contributed by atoms with Gasteiger partial charge in [-0.3, -0.25) is 19.0 Å². The molecule has 4 heterocycles. The highest BCUT2D eigenvalue weighted by molar-refractivity contribution is 5.36. The molecule has 7 heteroatoms. The summed E-state index contributed by atoms with van der Waals surface area (Å²) < 4.78 is 4.03. The van der Waals surface area contributed by atoms with E-state index in [0.29, 0.717) is 12.0 Å². The average Bonchev–Trinajstić information content (AvgIpc) is 3.22. The van der Waals surface area contributed by atoms with E-state index in [1.807, 2.05) is 36.5 Å². The van der Waals surface area contributed by atoms with E-state index in [9.17, 15) is 0 Å². The van der Waals surface area contributed by atoms with Crippen LogP contribution in [0.15, 0.2) is 37.2 Å². The molecule has 4 rings (SSSR count). The molecule has 1 aliphatic rings. The molecule has 3 aromatic rings. The van der Waals surface area contributed by atoms with Gasteiger partial charge in [0.25, 0.3) is 0 Å². The molecule has 0 radical (unpaired) electrons. The fourth-order valence-electron chi connectivity index (χ4n) is 4.32. The molecular formula is C19H27N7. The van der Waals surface area contributed by atoms with Crippen LogP contribution in [0.1, 0.15) is 30.1 Å². The van der Waals surface area contributed by atoms with Crippen LogP contribution >= 0.6 is 0 Å². The Morgan fingerprint density at radius 3 is 2.92 bits per heavy atom. The largest absolute Gasteiger partial charge is 0.300 e. The van der Waals surface area contributed by atoms with Crippen molar-refractivity contribution in [1.29, 1.82) is 0 Å². The van der Waals surface area contributed by atoms with Crippen LogP contribution in [0, 0.1) is 5.92 Å². The van der Waals surface area contributed by atoms with Gasteiger partial charge in [0.15, 0.2) is 5.65 Å². The third-order valence-corrected chi connectivity index (χ3v) is 5.45. The maximum absolute atomic E-state index is 4.45. The Bertz CT molecular complexity index is 868. The summed E-state index contributed by atoms with van der Waals surface area (Å²) in [5.74, 6) is 0.601. The minimum atomic E-state index is 0.436. The Morgan fingerprint density at radius 1 is 1.23 bits per heavy atom. The molecule has 0 unspecified atom stereocenters. The van der Waals surface area contributed by atoms with E-state index in [4.69, 9.17) is 0 Å². The standard InChI is InChI=1S/C19H27N7/c1-23(14-17-10-21-18-11-20-6-8-26(17)18)12-15-5-4-7-24(2)19(15)16-9-22-25(3)13-16/h6,8-11,13,15,19H,4-5,7,12,14H2,1-3H3/t15-,19+/m0/s1. The molecule has 3 aromatic heterocycles. The SMILES string of the molecule is CN(Cc1cnc2cnccn12)C[C@@H]1CCCN(C)[C@H]1c1cnn(C)c1. The van der Waals surface area contributed by atoms with Crippen LogP contribution in [0.4, 0.5) is 0 Å². The number of imidazole rings is 1. The van der Waals surface area contributed by atoms with Gasteiger partial charge in [-0.2, -0.15) is 5.10 Å². The lowest BCUT2D eigenvalue weighted by Crippen LogP contribution is -2.40. The number of aryl methyl sites for hydroxylation is 1. The maximum Gasteiger partial charge on any atom is 0.155 e. The lowest BCUT2D eigenvalue weighted by atomic mass is 9.85. The molecular weight excluding hydrogens is 326 g/mol. The highest BCUT2D eigenvalue weighted by atomic mass is 15.3. The molecule has 0 N–H and O–H groups in total. The lowest BCUT2D eigenvalue weighted by Gasteiger charge is -2.40. The molecule has 1 fully saturated rings. The van der Waals surface area contributed by atoms with E-state index in [2.05, 4.69) is 49.6 Å². The first-order valence-electron chi connectivity index (χ1n) is 9.25. The molecule has 7 nitrogen and oxygen atoms in total. The molecule has 0 aromatic carbocycles. The number of hydrogen-bond acceptors (Lipinski definition) is 5. The minimum absolute atomic E-state index is 0.436. The molecule has 138 valence electrons. The zero-order valence-electron chi connectivity index (χ0n) is 15.8. The second kappa shape index (κ2) is 7.17. The summed E-state index contributed by atoms with van der Waals surface area (Å²) >= 11 is 0. The van der Waals surface area contributed by atoms with E-state index in [-0.39, 0.29) is 0 Å². The lowest BCUT2D eigenvalue weighted by molar-refractivity contribution is 0.0922. The quantitative estimate of drug-likeness (QED) is 0.702. The van der Waals surface area contributed by atoms with Gasteiger partial charge in [0.05, 0.1) is 24.3 Å². The van der Waals surface area contributed by atoms with Crippen molar-refractivity contribution in [1.82, 2.24) is 33.9 Å². The Morgan fingerprint density at radius 2 is 2.12 bits per heavy atom. The third kappa shape index (κ3) is 3.37. The van der Waals surface area contributed by atoms with Gasteiger partial charge < -0.3 is 4.90 Å². The van der Waals surface area contributed by atoms with E-state index < -0.39 is 0 Å². The number of fused-ring (bicyclic) bond motifs is 1. The van der Waals surface area contributed by atoms with E-state index >= 15 is 0 Å². The van der Waals surface area contributed by atoms with Crippen molar-refractivity contribution >= 4 is 5.65 Å². The van der Waals surface area contributed by atoms with Gasteiger partial charge in [0.1, 0.15) is 0 Å². The van der Waals surface area contributed by atoms with Gasteiger partial charge >= 0.3 is 0 Å². The summed E-state index contributed by atoms with van der Waals surface area (Å²) in [4.78, 5) is 13.5. The summed E-state index contributed by atoms with van der Waals surface area (Å²) in [5, 5.41) is 4.39. The third-order valence-electron chi connectivity index (χ3n) is 5.45. The Hall–Kier alpha value is -2.25. The Kier molecular flexibility index (Phi) is 4.74. The van der Waals surface area contributed by atoms with Crippen LogP contribution in [0.2, 0.25) is 0 Å². The van der Waals surface area contributed by atoms with Gasteiger partial charge in [-0.1, -0.05) is 0 Å². The Labute approximate surface area is 154 Å². The first-order chi connectivity index (χ1) is 12.6. The summed E-state index contributed by atoms with van der Waals surface area (Å²) in [6.07, 6.45) is 14.3. The van der Waals surface area contributed by atoms with Crippen LogP contribution in [0.3, 0.4) is 0 Å². The predicted molar refractivity (Wildman–Crippen MR) is 101 cm³/mol. The van der Waals surface area contributed by atoms with Gasteiger partial charge in [-0.25, -0.2) is 4.98 Å². The first kappa shape index (κ1) is 17.2. The van der Waals surface area contributed by atoms with Gasteiger partial charge in [0, 0.05) is 50.3 Å². The molecule has 0 amide bonds. The topological polar surface area (TPSA) is 54.5 Å². The van der Waals surface area contributed by atoms with Crippen molar-refractivity contribution < 1.29 is 0 Å². The van der Waals surface area contributed by atoms with E-state index in [1.165, 1.54) is 24.1 Å². The molecule has 0 bridgehead atoms. The fourth-order valence-corrected chi connectivity index (χ4v) is 4.32. The van der Waals surface area contributed by atoms with Crippen molar-refractivity contribution in [3.05, 3.63) is 48.4 Å². The van der Waals surface area contributed by atoms with Crippen molar-refractivity contribution in [2.24, 2.45) is 13.0 Å². The summed E-state index contributed by atoms with van der Waals surface area (Å²) in [5.41, 5.74) is 3.43. The van der Waals surface area contributed by atoms with E-state index in [1.54, 1.807) is 6.20 Å². The number of likely N-dealkylation sites (tertiary alicyclic amines) is 1. The maximum atomic E-state index is 4.45. The Balaban J connectivity index is 1.49. The van der Waals surface area contributed by atoms with Crippen LogP contribution < -0.4 is 0 Å². The highest BCUT2D eigenvalue weighted by Crippen LogP contribution is 2.35.